The number of anilines is 4. The third-order valence-corrected chi connectivity index (χ3v) is 7.42. The number of carbonyl (C=O) groups excluding carboxylic acids is 1. The molecule has 0 aliphatic heterocycles. The summed E-state index contributed by atoms with van der Waals surface area (Å²) in [4.78, 5) is 14.7. The quantitative estimate of drug-likeness (QED) is 0.143. The van der Waals surface area contributed by atoms with E-state index in [0.29, 0.717) is 5.02 Å². The molecule has 0 spiro atoms. The number of rotatable bonds is 9. The Morgan fingerprint density at radius 2 is 1.22 bits per heavy atom. The first kappa shape index (κ1) is 29.7. The van der Waals surface area contributed by atoms with E-state index in [1.54, 1.807) is 18.2 Å². The van der Waals surface area contributed by atoms with Crippen LogP contribution in [0.1, 0.15) is 38.1 Å². The summed E-state index contributed by atoms with van der Waals surface area (Å²) in [7, 11) is 0. The molecule has 5 aromatic rings. The van der Waals surface area contributed by atoms with Gasteiger partial charge in [0.25, 0.3) is 0 Å². The lowest BCUT2D eigenvalue weighted by atomic mass is 10.1. The van der Waals surface area contributed by atoms with Crippen molar-refractivity contribution < 1.29 is 14.3 Å². The second-order valence-corrected chi connectivity index (χ2v) is 9.85. The van der Waals surface area contributed by atoms with Crippen LogP contribution >= 0.6 is 11.6 Å². The minimum atomic E-state index is -1.13. The molecule has 1 heterocycles. The van der Waals surface area contributed by atoms with Crippen molar-refractivity contribution in [2.75, 3.05) is 41.3 Å². The molecule has 0 unspecified atom stereocenters. The van der Waals surface area contributed by atoms with Crippen molar-refractivity contribution in [1.29, 1.82) is 0 Å². The summed E-state index contributed by atoms with van der Waals surface area (Å²) in [5, 5.41) is 16.4. The number of hydrogen-bond acceptors (Lipinski definition) is 5. The fraction of sp³-hybridized carbons (Fsp3) is 0.235. The zero-order valence-electron chi connectivity index (χ0n) is 24.0. The number of nitrogens with zero attached hydrogens (tertiary/aromatic N) is 2. The van der Waals surface area contributed by atoms with Crippen LogP contribution in [0.5, 0.6) is 0 Å². The number of benzene rings is 4. The molecule has 5 rings (SSSR count). The predicted molar refractivity (Wildman–Crippen MR) is 171 cm³/mol. The average Bonchev–Trinajstić information content (AvgIpc) is 3.00. The molecule has 0 saturated heterocycles. The fourth-order valence-electron chi connectivity index (χ4n) is 4.84. The smallest absolute Gasteiger partial charge is 0.364 e. The summed E-state index contributed by atoms with van der Waals surface area (Å²) in [5.74, 6) is -1.13. The van der Waals surface area contributed by atoms with E-state index in [1.165, 1.54) is 12.1 Å². The van der Waals surface area contributed by atoms with Crippen LogP contribution in [-0.4, -0.2) is 32.1 Å². The Hall–Kier alpha value is -4.29. The Morgan fingerprint density at radius 1 is 0.732 bits per heavy atom. The molecule has 0 atom stereocenters. The summed E-state index contributed by atoms with van der Waals surface area (Å²) >= 11 is 6.49. The molecule has 0 fully saturated rings. The molecule has 6 nitrogen and oxygen atoms in total. The second kappa shape index (κ2) is 13.9. The molecule has 41 heavy (non-hydrogen) atoms. The molecule has 0 bridgehead atoms. The number of carboxylic acid groups (broad SMARTS) is 1. The normalized spacial score (nSPS) is 10.7. The highest BCUT2D eigenvalue weighted by Gasteiger charge is 2.22. The molecule has 4 aromatic carbocycles. The first-order valence-corrected chi connectivity index (χ1v) is 14.4. The lowest BCUT2D eigenvalue weighted by molar-refractivity contribution is -0.255. The van der Waals surface area contributed by atoms with Crippen molar-refractivity contribution in [1.82, 2.24) is 0 Å². The van der Waals surface area contributed by atoms with Gasteiger partial charge in [-0.05, 0) is 69.7 Å². The van der Waals surface area contributed by atoms with E-state index in [-0.39, 0.29) is 5.56 Å². The summed E-state index contributed by atoms with van der Waals surface area (Å²) in [6.45, 7) is 12.5. The number of para-hydroxylation sites is 1. The van der Waals surface area contributed by atoms with Crippen LogP contribution in [0, 0.1) is 0 Å². The third-order valence-electron chi connectivity index (χ3n) is 7.09. The van der Waals surface area contributed by atoms with E-state index in [0.717, 1.165) is 70.9 Å². The highest BCUT2D eigenvalue weighted by atomic mass is 35.5. The van der Waals surface area contributed by atoms with E-state index in [9.17, 15) is 9.90 Å². The Kier molecular flexibility index (Phi) is 10.0. The lowest BCUT2D eigenvalue weighted by Gasteiger charge is -2.21. The number of aromatic carboxylic acids is 1. The molecular weight excluding hydrogens is 534 g/mol. The van der Waals surface area contributed by atoms with Gasteiger partial charge < -0.3 is 25.0 Å². The number of carbonyl (C=O) groups is 1. The summed E-state index contributed by atoms with van der Waals surface area (Å²) in [6.07, 6.45) is 0. The van der Waals surface area contributed by atoms with Gasteiger partial charge in [0.05, 0.1) is 34.5 Å². The maximum atomic E-state index is 10.1. The molecule has 0 saturated carbocycles. The van der Waals surface area contributed by atoms with E-state index in [4.69, 9.17) is 16.0 Å². The van der Waals surface area contributed by atoms with Gasteiger partial charge in [0.1, 0.15) is 10.8 Å². The maximum absolute atomic E-state index is 10.1. The Morgan fingerprint density at radius 3 is 1.66 bits per heavy atom. The number of carboxylic acids is 1. The number of hydrogen-bond donors (Lipinski definition) is 1. The summed E-state index contributed by atoms with van der Waals surface area (Å²) in [6, 6.07) is 28.8. The molecule has 0 radical (unpaired) electrons. The van der Waals surface area contributed by atoms with Gasteiger partial charge in [0.2, 0.25) is 0 Å². The minimum Gasteiger partial charge on any atom is -0.545 e. The van der Waals surface area contributed by atoms with E-state index >= 15 is 0 Å². The number of fused-ring (bicyclic) bond motifs is 2. The number of halogens is 1. The number of nitrogens with one attached hydrogen (secondary N) is 1. The van der Waals surface area contributed by atoms with Gasteiger partial charge in [-0.2, -0.15) is 0 Å². The zero-order valence-corrected chi connectivity index (χ0v) is 24.7. The van der Waals surface area contributed by atoms with Gasteiger partial charge in [-0.15, -0.1) is 0 Å². The van der Waals surface area contributed by atoms with Crippen molar-refractivity contribution in [2.24, 2.45) is 0 Å². The van der Waals surface area contributed by atoms with Gasteiger partial charge in [0, 0.05) is 37.6 Å². The Bertz CT molecular complexity index is 1550. The molecule has 0 aliphatic rings. The monoisotopic (exact) mass is 569 g/mol. The van der Waals surface area contributed by atoms with Crippen LogP contribution in [-0.2, 0) is 0 Å². The van der Waals surface area contributed by atoms with E-state index < -0.39 is 5.97 Å². The topological polar surface area (TPSA) is 69.9 Å². The highest BCUT2D eigenvalue weighted by Crippen LogP contribution is 2.39. The Balaban J connectivity index is 0.000000367. The van der Waals surface area contributed by atoms with Crippen LogP contribution in [0.4, 0.5) is 22.7 Å². The molecule has 1 N–H and O–H groups in total. The minimum absolute atomic E-state index is 0.220. The highest BCUT2D eigenvalue weighted by molar-refractivity contribution is 6.33. The third kappa shape index (κ3) is 6.90. The molecular formula is C34H36ClN3O3. The predicted octanol–water partition coefficient (Wildman–Crippen LogP) is 8.01. The van der Waals surface area contributed by atoms with Gasteiger partial charge in [0.15, 0.2) is 0 Å². The first-order chi connectivity index (χ1) is 19.9. The van der Waals surface area contributed by atoms with Gasteiger partial charge in [-0.25, -0.2) is 4.42 Å². The fourth-order valence-corrected chi connectivity index (χ4v) is 5.03. The van der Waals surface area contributed by atoms with Gasteiger partial charge in [-0.1, -0.05) is 54.1 Å². The molecule has 0 aliphatic carbocycles. The van der Waals surface area contributed by atoms with Crippen molar-refractivity contribution >= 4 is 62.3 Å². The summed E-state index contributed by atoms with van der Waals surface area (Å²) in [5.41, 5.74) is 6.14. The first-order valence-electron chi connectivity index (χ1n) is 14.0. The molecule has 1 aromatic heterocycles. The molecule has 212 valence electrons. The second-order valence-electron chi connectivity index (χ2n) is 9.44. The van der Waals surface area contributed by atoms with Crippen LogP contribution < -0.4 is 20.2 Å². The van der Waals surface area contributed by atoms with Crippen molar-refractivity contribution in [3.63, 3.8) is 0 Å². The molecule has 0 amide bonds. The largest absolute Gasteiger partial charge is 0.545 e. The summed E-state index contributed by atoms with van der Waals surface area (Å²) < 4.78 is 6.49. The molecule has 7 heteroatoms. The van der Waals surface area contributed by atoms with Crippen LogP contribution in [0.25, 0.3) is 21.9 Å². The maximum Gasteiger partial charge on any atom is 0.364 e. The van der Waals surface area contributed by atoms with Crippen molar-refractivity contribution in [3.05, 3.63) is 102 Å². The zero-order chi connectivity index (χ0) is 29.4. The SMILES string of the molecule is CCN(CC)c1ccc2c(Nc3ccccc3Cl)c3ccc(N(CC)CC)cc3[o+]c2c1.O=C([O-])c1ccccc1. The van der Waals surface area contributed by atoms with Crippen LogP contribution in [0.15, 0.2) is 95.4 Å². The van der Waals surface area contributed by atoms with E-state index in [2.05, 4.69) is 79.2 Å². The van der Waals surface area contributed by atoms with E-state index in [1.807, 2.05) is 24.3 Å². The lowest BCUT2D eigenvalue weighted by Crippen LogP contribution is -2.21. The van der Waals surface area contributed by atoms with Crippen LogP contribution in [0.2, 0.25) is 5.02 Å². The van der Waals surface area contributed by atoms with Gasteiger partial charge in [-0.3, -0.25) is 0 Å². The van der Waals surface area contributed by atoms with Crippen molar-refractivity contribution in [2.45, 2.75) is 27.7 Å². The van der Waals surface area contributed by atoms with Gasteiger partial charge >= 0.3 is 11.2 Å². The van der Waals surface area contributed by atoms with Crippen molar-refractivity contribution in [3.8, 4) is 0 Å². The average molecular weight is 570 g/mol. The Labute approximate surface area is 246 Å². The van der Waals surface area contributed by atoms with Crippen LogP contribution in [0.3, 0.4) is 0 Å². The standard InChI is InChI=1S/C27H31ClN3O.C7H6O2/c1-5-30(6-2)19-13-15-21-25(17-19)32-26-18-20(31(7-3)8-4)14-16-22(26)27(21)29-24-12-10-9-11-23(24)28;8-7(9)6-4-2-1-3-5-6/h9-18,29H,5-8H2,1-4H3;1-5H,(H,8,9)/q+1;/p-1.